The molecule has 11 rings (SSSR count). The Morgan fingerprint density at radius 2 is 1.08 bits per heavy atom. The van der Waals surface area contributed by atoms with E-state index >= 15 is 0 Å². The number of rotatable bonds is 7. The molecule has 4 N–H and O–H groups in total. The van der Waals surface area contributed by atoms with Crippen LogP contribution in [0.1, 0.15) is 197 Å². The van der Waals surface area contributed by atoms with E-state index in [9.17, 15) is 50.7 Å². The molecule has 1 heterocycles. The molecule has 5 aromatic rings. The normalized spacial score (nSPS) is 18.0. The van der Waals surface area contributed by atoms with E-state index in [0.29, 0.717) is 53.5 Å². The van der Waals surface area contributed by atoms with Crippen LogP contribution in [0.25, 0.3) is 10.4 Å². The minimum absolute atomic E-state index is 0.101. The van der Waals surface area contributed by atoms with Gasteiger partial charge in [-0.3, -0.25) is 9.59 Å². The van der Waals surface area contributed by atoms with Crippen molar-refractivity contribution in [3.8, 4) is 5.75 Å². The summed E-state index contributed by atoms with van der Waals surface area (Å²) in [6.07, 6.45) is 14.8. The predicted molar refractivity (Wildman–Crippen MR) is 305 cm³/mol. The number of azide groups is 1. The predicted octanol–water partition coefficient (Wildman–Crippen LogP) is 11.7. The van der Waals surface area contributed by atoms with Crippen molar-refractivity contribution in [1.29, 1.82) is 0 Å². The molecule has 1 aliphatic heterocycles. The first-order valence-corrected chi connectivity index (χ1v) is 29.2. The summed E-state index contributed by atoms with van der Waals surface area (Å²) >= 11 is 0. The smallest absolute Gasteiger partial charge is 0.465 e. The molecule has 0 radical (unpaired) electrons. The zero-order chi connectivity index (χ0) is 61.0. The molecule has 0 spiro atoms. The summed E-state index contributed by atoms with van der Waals surface area (Å²) in [4.78, 5) is 59.9. The van der Waals surface area contributed by atoms with Crippen molar-refractivity contribution >= 4 is 39.6 Å². The number of carbonyl (C=O) groups is 5. The van der Waals surface area contributed by atoms with Gasteiger partial charge in [-0.05, 0) is 207 Å². The summed E-state index contributed by atoms with van der Waals surface area (Å²) in [7, 11) is -1.58. The number of hydrogen-bond donors (Lipinski definition) is 3. The Morgan fingerprint density at radius 1 is 0.619 bits per heavy atom. The third-order valence-electron chi connectivity index (χ3n) is 14.9. The van der Waals surface area contributed by atoms with Crippen molar-refractivity contribution in [2.24, 2.45) is 10.8 Å². The van der Waals surface area contributed by atoms with Crippen LogP contribution in [-0.4, -0.2) is 88.2 Å². The van der Waals surface area contributed by atoms with Gasteiger partial charge in [0.15, 0.2) is 11.6 Å². The number of ketones is 2. The molecule has 5 aromatic carbocycles. The van der Waals surface area contributed by atoms with Gasteiger partial charge in [0.25, 0.3) is 0 Å². The number of ether oxygens (including phenoxy) is 4. The Kier molecular flexibility index (Phi) is 24.6. The maximum absolute atomic E-state index is 12.2. The fraction of sp³-hybridized carbons (Fsp3) is 0.435. The number of aliphatic hydroxyl groups is 2. The molecule has 0 saturated carbocycles. The molecule has 18 nitrogen and oxygen atoms in total. The standard InChI is InChI=1S/C12H13N3O2.C12H14O3.C12H12O3.C11H9F3O4S.C11H15NO.C4H8O/c1-17-12(16)9-5-6-10-8(7-9)3-2-4-11(10)14-15-13;2*1-15-12(14)9-5-6-10-8(7-9)3-2-4-11(10)13;12-11(13,14)19(16,17)18-8-4-5-9-7(6-8)2-1-3-10(9)15;12-11-3-1-2-9-6-8(7-13)4-5-10(9)11;1-2-4-5-3-1/h5-7,11H,2-4H2,1H3;5-7,11,13H,2-4H2,1H3;5-7H,2-4H2,1H3;4-6H,1-3H2;4-6,11,13H,1-3,7,12H2;1-4H2/t2*11-;;;11-;/m10..1./s1. The van der Waals surface area contributed by atoms with Gasteiger partial charge in [0.2, 0.25) is 0 Å². The summed E-state index contributed by atoms with van der Waals surface area (Å²) in [5.74, 6) is -1.38. The van der Waals surface area contributed by atoms with Crippen LogP contribution in [-0.2, 0) is 67.8 Å². The van der Waals surface area contributed by atoms with E-state index in [1.54, 1.807) is 30.3 Å². The highest BCUT2D eigenvalue weighted by Gasteiger charge is 2.48. The molecule has 22 heteroatoms. The second-order valence-corrected chi connectivity index (χ2v) is 22.1. The third-order valence-corrected chi connectivity index (χ3v) is 15.8. The summed E-state index contributed by atoms with van der Waals surface area (Å²) in [5, 5.41) is 22.5. The Bertz CT molecular complexity index is 3300. The van der Waals surface area contributed by atoms with Crippen molar-refractivity contribution in [2.45, 2.75) is 139 Å². The number of fused-ring (bicyclic) bond motifs is 5. The van der Waals surface area contributed by atoms with Gasteiger partial charge >= 0.3 is 33.5 Å². The van der Waals surface area contributed by atoms with E-state index in [4.69, 9.17) is 21.1 Å². The van der Waals surface area contributed by atoms with E-state index in [-0.39, 0.29) is 54.3 Å². The number of alkyl halides is 3. The first-order chi connectivity index (χ1) is 40.2. The Balaban J connectivity index is 0.000000165. The number of aliphatic hydroxyl groups excluding tert-OH is 2. The monoisotopic (exact) mass is 1180 g/mol. The minimum atomic E-state index is -5.68. The molecule has 1 saturated heterocycles. The van der Waals surface area contributed by atoms with E-state index in [2.05, 4.69) is 40.6 Å². The van der Waals surface area contributed by atoms with Crippen LogP contribution in [0.3, 0.4) is 0 Å². The zero-order valence-electron chi connectivity index (χ0n) is 47.3. The molecule has 0 unspecified atom stereocenters. The number of Topliss-reactive ketones (excluding diaryl/α,β-unsaturated/α-hetero) is 2. The molecule has 0 amide bonds. The molecule has 6 aliphatic rings. The van der Waals surface area contributed by atoms with Gasteiger partial charge in [-0.2, -0.15) is 21.6 Å². The zero-order valence-corrected chi connectivity index (χ0v) is 48.1. The van der Waals surface area contributed by atoms with Crippen molar-refractivity contribution in [3.05, 3.63) is 179 Å². The summed E-state index contributed by atoms with van der Waals surface area (Å²) in [6, 6.07) is 25.6. The Labute approximate surface area is 486 Å². The number of aryl methyl sites for hydroxylation is 5. The number of methoxy groups -OCH3 is 3. The highest BCUT2D eigenvalue weighted by molar-refractivity contribution is 7.88. The fourth-order valence-electron chi connectivity index (χ4n) is 10.5. The second-order valence-electron chi connectivity index (χ2n) is 20.6. The number of esters is 3. The molecule has 3 atom stereocenters. The maximum Gasteiger partial charge on any atom is 0.534 e. The van der Waals surface area contributed by atoms with Gasteiger partial charge in [0.1, 0.15) is 5.75 Å². The molecular weight excluding hydrogens is 1110 g/mol. The summed E-state index contributed by atoms with van der Waals surface area (Å²) in [5.41, 5.74) is 21.0. The fourth-order valence-corrected chi connectivity index (χ4v) is 11.0. The van der Waals surface area contributed by atoms with Crippen LogP contribution in [0.4, 0.5) is 13.2 Å². The number of nitrogens with two attached hydrogens (primary N) is 1. The highest BCUT2D eigenvalue weighted by atomic mass is 32.2. The van der Waals surface area contributed by atoms with Gasteiger partial charge in [-0.25, -0.2) is 14.4 Å². The van der Waals surface area contributed by atoms with Crippen LogP contribution >= 0.6 is 0 Å². The van der Waals surface area contributed by atoms with Crippen LogP contribution in [0.5, 0.6) is 5.75 Å². The lowest BCUT2D eigenvalue weighted by Gasteiger charge is -2.22. The van der Waals surface area contributed by atoms with Crippen LogP contribution in [0, 0.1) is 0 Å². The molecular formula is C62H71F3N4O14S. The van der Waals surface area contributed by atoms with Gasteiger partial charge in [0.05, 0.1) is 56.8 Å². The first kappa shape index (κ1) is 65.7. The summed E-state index contributed by atoms with van der Waals surface area (Å²) in [6.45, 7) is 2.13. The second kappa shape index (κ2) is 31.4. The van der Waals surface area contributed by atoms with Crippen molar-refractivity contribution in [2.75, 3.05) is 34.5 Å². The third kappa shape index (κ3) is 18.0. The van der Waals surface area contributed by atoms with E-state index in [0.717, 1.165) is 128 Å². The van der Waals surface area contributed by atoms with Crippen LogP contribution in [0.2, 0.25) is 0 Å². The molecule has 84 heavy (non-hydrogen) atoms. The van der Waals surface area contributed by atoms with Crippen molar-refractivity contribution in [3.63, 3.8) is 0 Å². The quantitative estimate of drug-likeness (QED) is 0.0260. The lowest BCUT2D eigenvalue weighted by Crippen LogP contribution is -2.28. The molecule has 0 aromatic heterocycles. The maximum atomic E-state index is 12.2. The number of halogens is 3. The van der Waals surface area contributed by atoms with Gasteiger partial charge < -0.3 is 39.1 Å². The first-order valence-electron chi connectivity index (χ1n) is 27.8. The van der Waals surface area contributed by atoms with Crippen LogP contribution < -0.4 is 9.92 Å². The average Bonchev–Trinajstić information content (AvgIpc) is 4.25. The molecule has 5 aliphatic carbocycles. The van der Waals surface area contributed by atoms with Gasteiger partial charge in [0, 0.05) is 48.1 Å². The van der Waals surface area contributed by atoms with E-state index in [1.807, 2.05) is 30.3 Å². The minimum Gasteiger partial charge on any atom is -0.465 e. The Morgan fingerprint density at radius 3 is 1.61 bits per heavy atom. The van der Waals surface area contributed by atoms with Gasteiger partial charge in [-0.1, -0.05) is 41.5 Å². The van der Waals surface area contributed by atoms with E-state index < -0.39 is 21.4 Å². The molecule has 450 valence electrons. The Hall–Kier alpha value is -7.46. The number of benzene rings is 5. The average molecular weight is 1190 g/mol. The topological polar surface area (TPSA) is 281 Å². The lowest BCUT2D eigenvalue weighted by molar-refractivity contribution is -0.0500. The van der Waals surface area contributed by atoms with Crippen molar-refractivity contribution < 1.29 is 78.9 Å². The largest absolute Gasteiger partial charge is 0.534 e. The van der Waals surface area contributed by atoms with E-state index in [1.165, 1.54) is 57.8 Å². The molecule has 1 fully saturated rings. The number of carbonyl (C=O) groups excluding carboxylic acids is 5. The molecule has 0 bridgehead atoms. The van der Waals surface area contributed by atoms with Gasteiger partial charge in [-0.15, -0.1) is 0 Å². The lowest BCUT2D eigenvalue weighted by atomic mass is 9.87. The SMILES string of the molecule is C1CCOC1.COC(=O)c1ccc2c(c1)CCCC2=O.COC(=O)c1ccc2c(c1)CCC[C@@H]2O.COC(=O)c1ccc2c(c1)CCC[C@H]2N=[N+]=[N-].N[C@@H]1CCCc2cc(CO)ccc21.O=C1CCCc2cc(OS(=O)(=O)C(F)(F)F)ccc21. The number of nitrogens with zero attached hydrogens (tertiary/aromatic N) is 3. The van der Waals surface area contributed by atoms with Crippen LogP contribution in [0.15, 0.2) is 96.1 Å². The highest BCUT2D eigenvalue weighted by Crippen LogP contribution is 2.35. The summed E-state index contributed by atoms with van der Waals surface area (Å²) < 4.78 is 81.1. The van der Waals surface area contributed by atoms with Crippen molar-refractivity contribution in [1.82, 2.24) is 0 Å². The number of hydrogen-bond acceptors (Lipinski definition) is 16.